The van der Waals surface area contributed by atoms with Gasteiger partial charge in [0, 0.05) is 43.0 Å². The molecule has 0 bridgehead atoms. The number of ether oxygens (including phenoxy) is 2. The van der Waals surface area contributed by atoms with Crippen molar-refractivity contribution in [1.29, 1.82) is 0 Å². The summed E-state index contributed by atoms with van der Waals surface area (Å²) in [6.07, 6.45) is 13.0. The highest BCUT2D eigenvalue weighted by atomic mass is 16.7. The zero-order valence-corrected chi connectivity index (χ0v) is 25.4. The Labute approximate surface area is 246 Å². The van der Waals surface area contributed by atoms with Gasteiger partial charge in [-0.05, 0) is 93.4 Å². The molecule has 4 saturated carbocycles. The van der Waals surface area contributed by atoms with E-state index in [2.05, 4.69) is 55.0 Å². The van der Waals surface area contributed by atoms with Crippen molar-refractivity contribution in [2.75, 3.05) is 25.2 Å². The average molecular weight is 560 g/mol. The van der Waals surface area contributed by atoms with Crippen molar-refractivity contribution in [3.05, 3.63) is 41.0 Å². The summed E-state index contributed by atoms with van der Waals surface area (Å²) in [6, 6.07) is 9.94. The minimum Gasteiger partial charge on any atom is -0.385 e. The molecule has 0 aromatic heterocycles. The van der Waals surface area contributed by atoms with Gasteiger partial charge in [0.2, 0.25) is 0 Å². The van der Waals surface area contributed by atoms with Crippen LogP contribution in [-0.2, 0) is 9.47 Å². The molecular formula is C36H49NO4. The fourth-order valence-corrected chi connectivity index (χ4v) is 10.3. The van der Waals surface area contributed by atoms with E-state index < -0.39 is 17.0 Å². The maximum atomic E-state index is 12.3. The molecule has 1 spiro atoms. The molecule has 222 valence electrons. The topological polar surface area (TPSA) is 62.2 Å². The van der Waals surface area contributed by atoms with Gasteiger partial charge in [-0.25, -0.2) is 0 Å². The molecule has 2 N–H and O–H groups in total. The summed E-state index contributed by atoms with van der Waals surface area (Å²) in [5, 5.41) is 24.3. The van der Waals surface area contributed by atoms with Gasteiger partial charge in [-0.15, -0.1) is 5.92 Å². The quantitative estimate of drug-likeness (QED) is 0.328. The molecule has 5 heteroatoms. The highest BCUT2D eigenvalue weighted by Crippen LogP contribution is 2.67. The third-order valence-corrected chi connectivity index (χ3v) is 12.5. The summed E-state index contributed by atoms with van der Waals surface area (Å²) >= 11 is 0. The van der Waals surface area contributed by atoms with Crippen molar-refractivity contribution in [1.82, 2.24) is 0 Å². The summed E-state index contributed by atoms with van der Waals surface area (Å²) in [4.78, 5) is 2.49. The SMILES string of the molecule is CC#C[C@]1(O)CC[C@H]2[C@@H]3CC[C@@]4(O)CC5(CCC4=C3[C@@H](c3ccc(N(C)C4CCCCC4)cc3)C[C@@]21C)OCCO5. The molecule has 6 atom stereocenters. The van der Waals surface area contributed by atoms with Crippen LogP contribution >= 0.6 is 0 Å². The molecule has 0 radical (unpaired) electrons. The number of rotatable bonds is 3. The van der Waals surface area contributed by atoms with E-state index in [4.69, 9.17) is 9.47 Å². The van der Waals surface area contributed by atoms with Crippen molar-refractivity contribution in [3.63, 3.8) is 0 Å². The molecular weight excluding hydrogens is 510 g/mol. The van der Waals surface area contributed by atoms with E-state index in [9.17, 15) is 10.2 Å². The number of fused-ring (bicyclic) bond motifs is 4. The van der Waals surface area contributed by atoms with Crippen LogP contribution in [-0.4, -0.2) is 53.5 Å². The lowest BCUT2D eigenvalue weighted by Crippen LogP contribution is -2.55. The molecule has 1 aromatic rings. The van der Waals surface area contributed by atoms with Gasteiger partial charge in [-0.3, -0.25) is 0 Å². The Morgan fingerprint density at radius 3 is 2.37 bits per heavy atom. The second kappa shape index (κ2) is 10.1. The highest BCUT2D eigenvalue weighted by Gasteiger charge is 2.64. The first kappa shape index (κ1) is 28.0. The number of hydrogen-bond donors (Lipinski definition) is 2. The van der Waals surface area contributed by atoms with Crippen molar-refractivity contribution >= 4 is 5.69 Å². The van der Waals surface area contributed by atoms with E-state index in [1.165, 1.54) is 54.5 Å². The van der Waals surface area contributed by atoms with Crippen LogP contribution in [0.15, 0.2) is 35.4 Å². The zero-order chi connectivity index (χ0) is 28.5. The Kier molecular flexibility index (Phi) is 6.90. The van der Waals surface area contributed by atoms with Crippen molar-refractivity contribution < 1.29 is 19.7 Å². The summed E-state index contributed by atoms with van der Waals surface area (Å²) in [5.74, 6) is 6.65. The van der Waals surface area contributed by atoms with Gasteiger partial charge in [-0.1, -0.05) is 49.8 Å². The van der Waals surface area contributed by atoms with Crippen LogP contribution in [0.5, 0.6) is 0 Å². The molecule has 5 fully saturated rings. The van der Waals surface area contributed by atoms with Gasteiger partial charge in [0.05, 0.1) is 18.8 Å². The zero-order valence-electron chi connectivity index (χ0n) is 25.4. The van der Waals surface area contributed by atoms with E-state index in [0.717, 1.165) is 44.9 Å². The van der Waals surface area contributed by atoms with Gasteiger partial charge in [-0.2, -0.15) is 0 Å². The molecule has 1 heterocycles. The minimum atomic E-state index is -0.960. The first-order valence-corrected chi connectivity index (χ1v) is 16.4. The Morgan fingerprint density at radius 1 is 0.927 bits per heavy atom. The first-order chi connectivity index (χ1) is 19.7. The number of benzene rings is 1. The van der Waals surface area contributed by atoms with Gasteiger partial charge in [0.15, 0.2) is 5.79 Å². The standard InChI is InChI=1S/C36H49NO4/c1-4-17-35(39)19-15-30-28-14-18-34(38)24-36(40-21-22-41-36)20-16-31(34)32(28)29(23-33(30,35)2)25-10-12-27(13-11-25)37(3)26-8-6-5-7-9-26/h10-13,26,28-30,38-39H,5-9,14-16,18-24H2,1-3H3/t28-,29+,30-,33-,34+,35-/m0/s1. The Hall–Kier alpha value is -1.84. The van der Waals surface area contributed by atoms with E-state index in [0.29, 0.717) is 37.5 Å². The second-order valence-electron chi connectivity index (χ2n) is 14.4. The lowest BCUT2D eigenvalue weighted by Gasteiger charge is -2.57. The lowest BCUT2D eigenvalue weighted by atomic mass is 9.49. The van der Waals surface area contributed by atoms with E-state index in [1.54, 1.807) is 0 Å². The van der Waals surface area contributed by atoms with Crippen molar-refractivity contribution in [2.24, 2.45) is 17.3 Å². The number of anilines is 1. The molecule has 5 aliphatic carbocycles. The molecule has 5 nitrogen and oxygen atoms in total. The van der Waals surface area contributed by atoms with Crippen LogP contribution < -0.4 is 4.90 Å². The van der Waals surface area contributed by atoms with Gasteiger partial charge < -0.3 is 24.6 Å². The predicted molar refractivity (Wildman–Crippen MR) is 161 cm³/mol. The molecule has 6 aliphatic rings. The molecule has 41 heavy (non-hydrogen) atoms. The Bertz CT molecular complexity index is 1250. The van der Waals surface area contributed by atoms with Crippen LogP contribution in [0.4, 0.5) is 5.69 Å². The van der Waals surface area contributed by atoms with Gasteiger partial charge in [0.1, 0.15) is 5.60 Å². The number of allylic oxidation sites excluding steroid dienone is 1. The largest absolute Gasteiger partial charge is 0.385 e. The predicted octanol–water partition coefficient (Wildman–Crippen LogP) is 6.48. The molecule has 0 unspecified atom stereocenters. The van der Waals surface area contributed by atoms with Crippen LogP contribution in [0.1, 0.15) is 109 Å². The Balaban J connectivity index is 1.29. The minimum absolute atomic E-state index is 0.167. The number of aliphatic hydroxyl groups is 2. The van der Waals surface area contributed by atoms with Crippen LogP contribution in [0.25, 0.3) is 0 Å². The van der Waals surface area contributed by atoms with Crippen molar-refractivity contribution in [3.8, 4) is 11.8 Å². The highest BCUT2D eigenvalue weighted by molar-refractivity contribution is 5.51. The third kappa shape index (κ3) is 4.35. The fraction of sp³-hybridized carbons (Fsp3) is 0.722. The first-order valence-electron chi connectivity index (χ1n) is 16.4. The van der Waals surface area contributed by atoms with Gasteiger partial charge >= 0.3 is 0 Å². The summed E-state index contributed by atoms with van der Waals surface area (Å²) in [6.45, 7) is 5.40. The average Bonchev–Trinajstić information content (AvgIpc) is 3.53. The normalized spacial score (nSPS) is 40.0. The van der Waals surface area contributed by atoms with E-state index in [-0.39, 0.29) is 11.3 Å². The summed E-state index contributed by atoms with van der Waals surface area (Å²) < 4.78 is 12.2. The molecule has 1 aromatic carbocycles. The maximum Gasteiger partial charge on any atom is 0.171 e. The van der Waals surface area contributed by atoms with Crippen LogP contribution in [0.2, 0.25) is 0 Å². The monoisotopic (exact) mass is 559 g/mol. The Morgan fingerprint density at radius 2 is 1.66 bits per heavy atom. The fourth-order valence-electron chi connectivity index (χ4n) is 10.3. The van der Waals surface area contributed by atoms with E-state index >= 15 is 0 Å². The van der Waals surface area contributed by atoms with Crippen LogP contribution in [0, 0.1) is 29.1 Å². The molecule has 1 saturated heterocycles. The molecule has 7 rings (SSSR count). The summed E-state index contributed by atoms with van der Waals surface area (Å²) in [7, 11) is 2.26. The molecule has 1 aliphatic heterocycles. The molecule has 0 amide bonds. The van der Waals surface area contributed by atoms with E-state index in [1.807, 2.05) is 6.92 Å². The smallest absolute Gasteiger partial charge is 0.171 e. The lowest BCUT2D eigenvalue weighted by molar-refractivity contribution is -0.208. The van der Waals surface area contributed by atoms with Gasteiger partial charge in [0.25, 0.3) is 0 Å². The summed E-state index contributed by atoms with van der Waals surface area (Å²) in [5.41, 5.74) is 3.21. The van der Waals surface area contributed by atoms with Crippen molar-refractivity contribution in [2.45, 2.75) is 126 Å². The second-order valence-corrected chi connectivity index (χ2v) is 14.4. The third-order valence-electron chi connectivity index (χ3n) is 12.5. The number of nitrogens with zero attached hydrogens (tertiary/aromatic N) is 1. The maximum absolute atomic E-state index is 12.3. The van der Waals surface area contributed by atoms with Crippen LogP contribution in [0.3, 0.4) is 0 Å². The number of hydrogen-bond acceptors (Lipinski definition) is 5.